The molecule has 0 unspecified atom stereocenters. The first-order valence-corrected chi connectivity index (χ1v) is 10.6. The highest BCUT2D eigenvalue weighted by atomic mass is 32.2. The zero-order valence-corrected chi connectivity index (χ0v) is 15.4. The van der Waals surface area contributed by atoms with E-state index in [0.717, 1.165) is 11.5 Å². The number of furan rings is 1. The van der Waals surface area contributed by atoms with Crippen LogP contribution in [-0.4, -0.2) is 71.0 Å². The molecule has 2 saturated heterocycles. The number of amides is 1. The largest absolute Gasteiger partial charge is 0.458 e. The fourth-order valence-corrected chi connectivity index (χ4v) is 5.95. The number of sulfone groups is 1. The molecule has 1 amide bonds. The van der Waals surface area contributed by atoms with Crippen LogP contribution in [0.2, 0.25) is 0 Å². The van der Waals surface area contributed by atoms with Crippen molar-refractivity contribution in [3.05, 3.63) is 30.2 Å². The monoisotopic (exact) mass is 378 g/mol. The topological polar surface area (TPSA) is 99.5 Å². The Morgan fingerprint density at radius 1 is 1.27 bits per heavy atom. The number of nitrogens with one attached hydrogen (secondary N) is 1. The van der Waals surface area contributed by atoms with Crippen LogP contribution in [0, 0.1) is 0 Å². The minimum absolute atomic E-state index is 0.0243. The molecule has 140 valence electrons. The van der Waals surface area contributed by atoms with Crippen molar-refractivity contribution < 1.29 is 17.6 Å². The van der Waals surface area contributed by atoms with E-state index in [4.69, 9.17) is 4.42 Å². The first kappa shape index (κ1) is 17.3. The van der Waals surface area contributed by atoms with Gasteiger partial charge in [-0.25, -0.2) is 8.42 Å². The van der Waals surface area contributed by atoms with Gasteiger partial charge in [0.25, 0.3) is 0 Å². The molecule has 4 rings (SSSR count). The SMILES string of the molecule is CCC(=O)N1CCN(Cc2ccc(-c3ccn[nH]3)o2)[C@@H]2CS(=O)(=O)C[C@@H]21. The van der Waals surface area contributed by atoms with Crippen LogP contribution in [0.4, 0.5) is 0 Å². The number of piperazine rings is 1. The molecule has 2 aliphatic rings. The second-order valence-electron chi connectivity index (χ2n) is 6.86. The number of H-pyrrole nitrogens is 1. The van der Waals surface area contributed by atoms with Crippen LogP contribution >= 0.6 is 0 Å². The number of carbonyl (C=O) groups is 1. The number of aromatic amines is 1. The smallest absolute Gasteiger partial charge is 0.222 e. The standard InChI is InChI=1S/C17H22N4O4S/c1-2-17(22)21-8-7-20(14-10-26(23,24)11-15(14)21)9-12-3-4-16(25-12)13-5-6-18-19-13/h3-6,14-15H,2,7-11H2,1H3,(H,18,19)/t14-,15+/m1/s1. The molecular formula is C17H22N4O4S. The minimum Gasteiger partial charge on any atom is -0.458 e. The summed E-state index contributed by atoms with van der Waals surface area (Å²) >= 11 is 0. The summed E-state index contributed by atoms with van der Waals surface area (Å²) in [5.41, 5.74) is 0.802. The van der Waals surface area contributed by atoms with Crippen LogP contribution in [0.5, 0.6) is 0 Å². The van der Waals surface area contributed by atoms with E-state index >= 15 is 0 Å². The fraction of sp³-hybridized carbons (Fsp3) is 0.529. The van der Waals surface area contributed by atoms with E-state index in [0.29, 0.717) is 31.8 Å². The number of rotatable bonds is 4. The summed E-state index contributed by atoms with van der Waals surface area (Å²) in [4.78, 5) is 16.1. The molecule has 2 aromatic heterocycles. The predicted molar refractivity (Wildman–Crippen MR) is 94.9 cm³/mol. The first-order valence-electron chi connectivity index (χ1n) is 8.79. The Bertz CT molecular complexity index is 890. The Morgan fingerprint density at radius 2 is 2.08 bits per heavy atom. The molecule has 0 aromatic carbocycles. The summed E-state index contributed by atoms with van der Waals surface area (Å²) in [6.07, 6.45) is 2.06. The molecule has 2 atom stereocenters. The van der Waals surface area contributed by atoms with Gasteiger partial charge in [0.2, 0.25) is 5.91 Å². The number of carbonyl (C=O) groups excluding carboxylic acids is 1. The minimum atomic E-state index is -3.14. The highest BCUT2D eigenvalue weighted by Crippen LogP contribution is 2.29. The molecular weight excluding hydrogens is 356 g/mol. The summed E-state index contributed by atoms with van der Waals surface area (Å²) in [7, 11) is -3.14. The average molecular weight is 378 g/mol. The van der Waals surface area contributed by atoms with E-state index in [2.05, 4.69) is 15.1 Å². The van der Waals surface area contributed by atoms with Crippen molar-refractivity contribution in [2.24, 2.45) is 0 Å². The maximum Gasteiger partial charge on any atom is 0.222 e. The van der Waals surface area contributed by atoms with Gasteiger partial charge in [-0.3, -0.25) is 14.8 Å². The quantitative estimate of drug-likeness (QED) is 0.848. The average Bonchev–Trinajstić information content (AvgIpc) is 3.32. The van der Waals surface area contributed by atoms with Gasteiger partial charge in [-0.2, -0.15) is 5.10 Å². The van der Waals surface area contributed by atoms with Crippen molar-refractivity contribution in [2.45, 2.75) is 32.0 Å². The van der Waals surface area contributed by atoms with Gasteiger partial charge >= 0.3 is 0 Å². The molecule has 0 aliphatic carbocycles. The molecule has 8 nitrogen and oxygen atoms in total. The number of aromatic nitrogens is 2. The van der Waals surface area contributed by atoms with E-state index in [-0.39, 0.29) is 29.5 Å². The normalized spacial score (nSPS) is 25.3. The van der Waals surface area contributed by atoms with Gasteiger partial charge in [0, 0.05) is 31.7 Å². The van der Waals surface area contributed by atoms with Crippen molar-refractivity contribution >= 4 is 15.7 Å². The zero-order chi connectivity index (χ0) is 18.3. The van der Waals surface area contributed by atoms with Crippen LogP contribution in [0.25, 0.3) is 11.5 Å². The second kappa shape index (κ2) is 6.55. The highest BCUT2D eigenvalue weighted by molar-refractivity contribution is 7.91. The summed E-state index contributed by atoms with van der Waals surface area (Å²) in [5, 5.41) is 6.78. The summed E-state index contributed by atoms with van der Waals surface area (Å²) in [6.45, 7) is 3.53. The molecule has 0 spiro atoms. The Morgan fingerprint density at radius 3 is 2.81 bits per heavy atom. The molecule has 26 heavy (non-hydrogen) atoms. The molecule has 9 heteroatoms. The molecule has 4 heterocycles. The third-order valence-corrected chi connectivity index (χ3v) is 6.90. The van der Waals surface area contributed by atoms with Crippen LogP contribution < -0.4 is 0 Å². The Balaban J connectivity index is 1.53. The lowest BCUT2D eigenvalue weighted by Gasteiger charge is -2.43. The second-order valence-corrected chi connectivity index (χ2v) is 9.01. The van der Waals surface area contributed by atoms with Crippen molar-refractivity contribution in [2.75, 3.05) is 24.6 Å². The third-order valence-electron chi connectivity index (χ3n) is 5.20. The van der Waals surface area contributed by atoms with Crippen LogP contribution in [-0.2, 0) is 21.2 Å². The van der Waals surface area contributed by atoms with E-state index in [1.165, 1.54) is 0 Å². The molecule has 2 fully saturated rings. The van der Waals surface area contributed by atoms with Gasteiger partial charge in [0.05, 0.1) is 24.1 Å². The Hall–Kier alpha value is -2.13. The maximum absolute atomic E-state index is 12.2. The lowest BCUT2D eigenvalue weighted by molar-refractivity contribution is -0.136. The molecule has 0 bridgehead atoms. The maximum atomic E-state index is 12.2. The van der Waals surface area contributed by atoms with Crippen molar-refractivity contribution in [1.82, 2.24) is 20.0 Å². The van der Waals surface area contributed by atoms with E-state index in [9.17, 15) is 13.2 Å². The van der Waals surface area contributed by atoms with Gasteiger partial charge in [-0.05, 0) is 18.2 Å². The zero-order valence-electron chi connectivity index (χ0n) is 14.6. The molecule has 0 saturated carbocycles. The van der Waals surface area contributed by atoms with E-state index in [1.54, 1.807) is 11.1 Å². The van der Waals surface area contributed by atoms with Gasteiger partial charge in [-0.15, -0.1) is 0 Å². The number of hydrogen-bond acceptors (Lipinski definition) is 6. The predicted octanol–water partition coefficient (Wildman–Crippen LogP) is 0.889. The van der Waals surface area contributed by atoms with E-state index in [1.807, 2.05) is 25.1 Å². The van der Waals surface area contributed by atoms with Crippen LogP contribution in [0.3, 0.4) is 0 Å². The first-order chi connectivity index (χ1) is 12.5. The van der Waals surface area contributed by atoms with Gasteiger partial charge in [0.1, 0.15) is 11.5 Å². The van der Waals surface area contributed by atoms with Gasteiger partial charge < -0.3 is 9.32 Å². The molecule has 2 aromatic rings. The Labute approximate surface area is 152 Å². The van der Waals surface area contributed by atoms with Crippen molar-refractivity contribution in [1.29, 1.82) is 0 Å². The molecule has 0 radical (unpaired) electrons. The summed E-state index contributed by atoms with van der Waals surface area (Å²) < 4.78 is 30.3. The van der Waals surface area contributed by atoms with Crippen molar-refractivity contribution in [3.63, 3.8) is 0 Å². The van der Waals surface area contributed by atoms with Crippen LogP contribution in [0.1, 0.15) is 19.1 Å². The molecule has 2 aliphatic heterocycles. The summed E-state index contributed by atoms with van der Waals surface area (Å²) in [5.74, 6) is 1.65. The lowest BCUT2D eigenvalue weighted by Crippen LogP contribution is -2.60. The van der Waals surface area contributed by atoms with Gasteiger partial charge in [-0.1, -0.05) is 6.92 Å². The van der Waals surface area contributed by atoms with Crippen molar-refractivity contribution in [3.8, 4) is 11.5 Å². The van der Waals surface area contributed by atoms with Gasteiger partial charge in [0.15, 0.2) is 15.6 Å². The van der Waals surface area contributed by atoms with E-state index < -0.39 is 9.84 Å². The Kier molecular flexibility index (Phi) is 4.36. The molecule has 1 N–H and O–H groups in total. The highest BCUT2D eigenvalue weighted by Gasteiger charge is 2.47. The van der Waals surface area contributed by atoms with Crippen LogP contribution in [0.15, 0.2) is 28.8 Å². The third kappa shape index (κ3) is 3.16. The summed E-state index contributed by atoms with van der Waals surface area (Å²) in [6, 6.07) is 5.17. The number of hydrogen-bond donors (Lipinski definition) is 1. The fourth-order valence-electron chi connectivity index (χ4n) is 3.93. The lowest BCUT2D eigenvalue weighted by atomic mass is 10.0. The number of fused-ring (bicyclic) bond motifs is 1. The number of nitrogens with zero attached hydrogens (tertiary/aromatic N) is 3.